The Kier molecular flexibility index (Phi) is 5.15. The van der Waals surface area contributed by atoms with Crippen LogP contribution in [0.2, 0.25) is 0 Å². The van der Waals surface area contributed by atoms with E-state index >= 15 is 0 Å². The predicted octanol–water partition coefficient (Wildman–Crippen LogP) is 3.98. The largest absolute Gasteiger partial charge is 0.488 e. The van der Waals surface area contributed by atoms with Gasteiger partial charge in [-0.25, -0.2) is 4.39 Å². The molecule has 2 nitrogen and oxygen atoms in total. The fourth-order valence-corrected chi connectivity index (χ4v) is 2.46. The van der Waals surface area contributed by atoms with Crippen LogP contribution in [0.4, 0.5) is 4.39 Å². The molecule has 20 heavy (non-hydrogen) atoms. The van der Waals surface area contributed by atoms with Crippen LogP contribution in [0, 0.1) is 12.7 Å². The highest BCUT2D eigenvalue weighted by Gasteiger charge is 2.09. The highest BCUT2D eigenvalue weighted by atomic mass is 79.9. The molecule has 0 radical (unpaired) electrons. The number of aryl methyl sites for hydroxylation is 1. The average Bonchev–Trinajstić information content (AvgIpc) is 2.43. The van der Waals surface area contributed by atoms with E-state index in [9.17, 15) is 4.39 Å². The minimum absolute atomic E-state index is 0.280. The van der Waals surface area contributed by atoms with E-state index in [-0.39, 0.29) is 5.82 Å². The van der Waals surface area contributed by atoms with Crippen LogP contribution in [-0.2, 0) is 13.0 Å². The van der Waals surface area contributed by atoms with Gasteiger partial charge in [-0.3, -0.25) is 0 Å². The predicted molar refractivity (Wildman–Crippen MR) is 82.4 cm³/mol. The van der Waals surface area contributed by atoms with Crippen molar-refractivity contribution in [2.45, 2.75) is 20.0 Å². The van der Waals surface area contributed by atoms with Crippen molar-refractivity contribution in [2.75, 3.05) is 6.54 Å². The summed E-state index contributed by atoms with van der Waals surface area (Å²) in [7, 11) is 0. The minimum atomic E-state index is -0.280. The van der Waals surface area contributed by atoms with Crippen LogP contribution in [0.25, 0.3) is 0 Å². The molecule has 2 aromatic rings. The van der Waals surface area contributed by atoms with E-state index in [0.29, 0.717) is 17.6 Å². The van der Waals surface area contributed by atoms with Crippen molar-refractivity contribution in [3.05, 3.63) is 63.4 Å². The monoisotopic (exact) mass is 337 g/mol. The maximum absolute atomic E-state index is 13.5. The number of rotatable bonds is 5. The molecular formula is C16H17BrFNO. The van der Waals surface area contributed by atoms with Crippen molar-refractivity contribution in [3.8, 4) is 5.75 Å². The van der Waals surface area contributed by atoms with Crippen molar-refractivity contribution in [1.82, 2.24) is 0 Å². The minimum Gasteiger partial charge on any atom is -0.488 e. The van der Waals surface area contributed by atoms with Gasteiger partial charge in [-0.15, -0.1) is 0 Å². The molecule has 106 valence electrons. The molecule has 0 amide bonds. The molecule has 0 aliphatic rings. The molecular weight excluding hydrogens is 321 g/mol. The Morgan fingerprint density at radius 1 is 1.15 bits per heavy atom. The van der Waals surface area contributed by atoms with Crippen LogP contribution in [0.3, 0.4) is 0 Å². The third kappa shape index (κ3) is 3.38. The first kappa shape index (κ1) is 15.0. The van der Waals surface area contributed by atoms with Crippen LogP contribution in [-0.4, -0.2) is 6.54 Å². The van der Waals surface area contributed by atoms with Crippen LogP contribution >= 0.6 is 15.9 Å². The van der Waals surface area contributed by atoms with Crippen LogP contribution in [0.1, 0.15) is 16.7 Å². The first-order valence-corrected chi connectivity index (χ1v) is 7.27. The molecule has 2 N–H and O–H groups in total. The fraction of sp³-hybridized carbons (Fsp3) is 0.250. The Hall–Kier alpha value is -1.39. The van der Waals surface area contributed by atoms with Crippen molar-refractivity contribution in [3.63, 3.8) is 0 Å². The van der Waals surface area contributed by atoms with Crippen molar-refractivity contribution >= 4 is 15.9 Å². The Bertz CT molecular complexity index is 601. The molecule has 0 unspecified atom stereocenters. The summed E-state index contributed by atoms with van der Waals surface area (Å²) >= 11 is 3.25. The number of nitrogens with two attached hydrogens (primary N) is 1. The third-order valence-electron chi connectivity index (χ3n) is 3.11. The van der Waals surface area contributed by atoms with Gasteiger partial charge >= 0.3 is 0 Å². The van der Waals surface area contributed by atoms with Gasteiger partial charge in [-0.05, 0) is 53.0 Å². The molecule has 0 fully saturated rings. The first-order chi connectivity index (χ1) is 9.63. The zero-order chi connectivity index (χ0) is 14.5. The molecule has 0 aliphatic heterocycles. The molecule has 0 bridgehead atoms. The Balaban J connectivity index is 2.20. The molecule has 0 saturated carbocycles. The number of hydrogen-bond acceptors (Lipinski definition) is 2. The van der Waals surface area contributed by atoms with Crippen molar-refractivity contribution in [2.24, 2.45) is 5.73 Å². The second kappa shape index (κ2) is 6.86. The molecule has 0 saturated heterocycles. The smallest absolute Gasteiger partial charge is 0.137 e. The molecule has 0 atom stereocenters. The van der Waals surface area contributed by atoms with Gasteiger partial charge in [-0.1, -0.05) is 30.3 Å². The van der Waals surface area contributed by atoms with Gasteiger partial charge in [0.05, 0.1) is 4.47 Å². The van der Waals surface area contributed by atoms with Crippen LogP contribution in [0.15, 0.2) is 40.9 Å². The second-order valence-corrected chi connectivity index (χ2v) is 5.40. The highest BCUT2D eigenvalue weighted by Crippen LogP contribution is 2.27. The maximum atomic E-state index is 13.5. The summed E-state index contributed by atoms with van der Waals surface area (Å²) in [6, 6.07) is 10.9. The standard InChI is InChI=1S/C16H17BrFNO/c1-11-4-2-5-12(8-9-19)16(11)20-10-13-6-3-7-14(18)15(13)17/h2-7H,8-10,19H2,1H3. The van der Waals surface area contributed by atoms with Gasteiger partial charge in [0.25, 0.3) is 0 Å². The summed E-state index contributed by atoms with van der Waals surface area (Å²) in [4.78, 5) is 0. The second-order valence-electron chi connectivity index (χ2n) is 4.60. The number of ether oxygens (including phenoxy) is 1. The van der Waals surface area contributed by atoms with Gasteiger partial charge in [0.1, 0.15) is 18.2 Å². The lowest BCUT2D eigenvalue weighted by atomic mass is 10.1. The highest BCUT2D eigenvalue weighted by molar-refractivity contribution is 9.10. The number of hydrogen-bond donors (Lipinski definition) is 1. The SMILES string of the molecule is Cc1cccc(CCN)c1OCc1cccc(F)c1Br. The fourth-order valence-electron chi connectivity index (χ4n) is 2.08. The molecule has 0 aromatic heterocycles. The molecule has 0 spiro atoms. The van der Waals surface area contributed by atoms with Crippen molar-refractivity contribution in [1.29, 1.82) is 0 Å². The molecule has 4 heteroatoms. The molecule has 0 heterocycles. The van der Waals surface area contributed by atoms with Crippen LogP contribution in [0.5, 0.6) is 5.75 Å². The summed E-state index contributed by atoms with van der Waals surface area (Å²) in [6.45, 7) is 2.89. The van der Waals surface area contributed by atoms with Gasteiger partial charge in [-0.2, -0.15) is 0 Å². The van der Waals surface area contributed by atoms with E-state index in [2.05, 4.69) is 15.9 Å². The lowest BCUT2D eigenvalue weighted by Gasteiger charge is -2.14. The van der Waals surface area contributed by atoms with E-state index in [1.54, 1.807) is 6.07 Å². The summed E-state index contributed by atoms with van der Waals surface area (Å²) in [6.07, 6.45) is 0.765. The molecule has 2 rings (SSSR count). The van der Waals surface area contributed by atoms with Gasteiger partial charge < -0.3 is 10.5 Å². The lowest BCUT2D eigenvalue weighted by molar-refractivity contribution is 0.299. The van der Waals surface area contributed by atoms with Crippen LogP contribution < -0.4 is 10.5 Å². The topological polar surface area (TPSA) is 35.2 Å². The van der Waals surface area contributed by atoms with Gasteiger partial charge in [0, 0.05) is 5.56 Å². The molecule has 2 aromatic carbocycles. The van der Waals surface area contributed by atoms with Gasteiger partial charge in [0.2, 0.25) is 0 Å². The number of para-hydroxylation sites is 1. The maximum Gasteiger partial charge on any atom is 0.137 e. The summed E-state index contributed by atoms with van der Waals surface area (Å²) < 4.78 is 19.8. The summed E-state index contributed by atoms with van der Waals surface area (Å²) in [5.74, 6) is 0.562. The zero-order valence-electron chi connectivity index (χ0n) is 11.3. The van der Waals surface area contributed by atoms with E-state index < -0.39 is 0 Å². The summed E-state index contributed by atoms with van der Waals surface area (Å²) in [5, 5.41) is 0. The number of halogens is 2. The normalized spacial score (nSPS) is 10.6. The first-order valence-electron chi connectivity index (χ1n) is 6.47. The van der Waals surface area contributed by atoms with Gasteiger partial charge in [0.15, 0.2) is 0 Å². The molecule has 0 aliphatic carbocycles. The third-order valence-corrected chi connectivity index (χ3v) is 4.00. The van der Waals surface area contributed by atoms with E-state index in [1.165, 1.54) is 6.07 Å². The van der Waals surface area contributed by atoms with E-state index in [1.807, 2.05) is 31.2 Å². The zero-order valence-corrected chi connectivity index (χ0v) is 12.9. The van der Waals surface area contributed by atoms with E-state index in [4.69, 9.17) is 10.5 Å². The summed E-state index contributed by atoms with van der Waals surface area (Å²) in [5.41, 5.74) is 8.54. The quantitative estimate of drug-likeness (QED) is 0.895. The van der Waals surface area contributed by atoms with Crippen molar-refractivity contribution < 1.29 is 9.13 Å². The Morgan fingerprint density at radius 2 is 1.85 bits per heavy atom. The number of benzene rings is 2. The van der Waals surface area contributed by atoms with E-state index in [0.717, 1.165) is 28.9 Å². The lowest BCUT2D eigenvalue weighted by Crippen LogP contribution is -2.07. The Labute approximate surface area is 126 Å². The average molecular weight is 338 g/mol. The Morgan fingerprint density at radius 3 is 2.60 bits per heavy atom.